The van der Waals surface area contributed by atoms with Crippen LogP contribution >= 0.6 is 0 Å². The van der Waals surface area contributed by atoms with Crippen LogP contribution in [0, 0.1) is 6.92 Å². The van der Waals surface area contributed by atoms with Gasteiger partial charge in [-0.15, -0.1) is 0 Å². The van der Waals surface area contributed by atoms with Crippen LogP contribution in [0.1, 0.15) is 11.1 Å². The number of hydrazone groups is 1. The summed E-state index contributed by atoms with van der Waals surface area (Å²) in [6, 6.07) is 4.53. The first kappa shape index (κ1) is 10.7. The van der Waals surface area contributed by atoms with Gasteiger partial charge in [0.15, 0.2) is 0 Å². The molecule has 76 valence electrons. The zero-order chi connectivity index (χ0) is 10.8. The first-order valence-corrected chi connectivity index (χ1v) is 5.20. The highest BCUT2D eigenvalue weighted by Crippen LogP contribution is 2.15. The van der Waals surface area contributed by atoms with Crippen LogP contribution in [0.2, 0.25) is 0 Å². The zero-order valence-electron chi connectivity index (χ0n) is 7.51. The maximum absolute atomic E-state index is 10.9. The van der Waals surface area contributed by atoms with Crippen molar-refractivity contribution in [1.82, 2.24) is 0 Å². The number of nitrogens with two attached hydrogens (primary N) is 1. The molecule has 1 aromatic rings. The van der Waals surface area contributed by atoms with Crippen molar-refractivity contribution in [1.29, 1.82) is 0 Å². The van der Waals surface area contributed by atoms with Gasteiger partial charge in [-0.1, -0.05) is 12.1 Å². The van der Waals surface area contributed by atoms with Crippen LogP contribution in [0.3, 0.4) is 0 Å². The van der Waals surface area contributed by atoms with Crippen LogP contribution in [0.4, 0.5) is 0 Å². The molecular weight excluding hydrogens is 204 g/mol. The van der Waals surface area contributed by atoms with Gasteiger partial charge in [0.2, 0.25) is 0 Å². The highest BCUT2D eigenvalue weighted by Gasteiger charge is 2.12. The molecule has 0 aliphatic heterocycles. The molecule has 5 nitrogen and oxygen atoms in total. The summed E-state index contributed by atoms with van der Waals surface area (Å²) in [6.07, 6.45) is 1.30. The highest BCUT2D eigenvalue weighted by molar-refractivity contribution is 7.85. The number of hydrogen-bond acceptors (Lipinski definition) is 4. The van der Waals surface area contributed by atoms with E-state index in [0.717, 1.165) is 0 Å². The Morgan fingerprint density at radius 2 is 2.14 bits per heavy atom. The Kier molecular flexibility index (Phi) is 2.87. The second-order valence-corrected chi connectivity index (χ2v) is 4.17. The van der Waals surface area contributed by atoms with Gasteiger partial charge in [0.25, 0.3) is 10.1 Å². The molecule has 0 amide bonds. The lowest BCUT2D eigenvalue weighted by Gasteiger charge is -2.02. The lowest BCUT2D eigenvalue weighted by molar-refractivity contribution is 0.482. The quantitative estimate of drug-likeness (QED) is 0.325. The Morgan fingerprint density at radius 1 is 1.50 bits per heavy atom. The maximum Gasteiger partial charge on any atom is 0.294 e. The summed E-state index contributed by atoms with van der Waals surface area (Å²) >= 11 is 0. The van der Waals surface area contributed by atoms with Gasteiger partial charge < -0.3 is 5.84 Å². The Morgan fingerprint density at radius 3 is 2.64 bits per heavy atom. The van der Waals surface area contributed by atoms with Gasteiger partial charge in [-0.3, -0.25) is 4.55 Å². The fraction of sp³-hybridized carbons (Fsp3) is 0.125. The van der Waals surface area contributed by atoms with Crippen LogP contribution in [-0.4, -0.2) is 19.2 Å². The average Bonchev–Trinajstić information content (AvgIpc) is 2.07. The molecule has 0 radical (unpaired) electrons. The van der Waals surface area contributed by atoms with Gasteiger partial charge in [0.1, 0.15) is 0 Å². The third-order valence-electron chi connectivity index (χ3n) is 1.71. The molecule has 0 unspecified atom stereocenters. The summed E-state index contributed by atoms with van der Waals surface area (Å²) < 4.78 is 30.6. The molecule has 0 bridgehead atoms. The second-order valence-electron chi connectivity index (χ2n) is 2.78. The molecule has 0 spiro atoms. The Labute approximate surface area is 82.0 Å². The van der Waals surface area contributed by atoms with Crippen molar-refractivity contribution in [3.63, 3.8) is 0 Å². The molecule has 0 fully saturated rings. The van der Waals surface area contributed by atoms with Gasteiger partial charge in [-0.25, -0.2) is 0 Å². The predicted molar refractivity (Wildman–Crippen MR) is 52.8 cm³/mol. The van der Waals surface area contributed by atoms with E-state index in [-0.39, 0.29) is 4.90 Å². The number of rotatable bonds is 2. The van der Waals surface area contributed by atoms with Crippen LogP contribution < -0.4 is 5.84 Å². The van der Waals surface area contributed by atoms with E-state index in [1.807, 2.05) is 0 Å². The van der Waals surface area contributed by atoms with Gasteiger partial charge in [-0.05, 0) is 24.1 Å². The largest absolute Gasteiger partial charge is 0.323 e. The van der Waals surface area contributed by atoms with Crippen molar-refractivity contribution in [2.24, 2.45) is 10.9 Å². The summed E-state index contributed by atoms with van der Waals surface area (Å²) in [5, 5.41) is 3.26. The van der Waals surface area contributed by atoms with Crippen molar-refractivity contribution >= 4 is 16.3 Å². The van der Waals surface area contributed by atoms with Gasteiger partial charge in [0, 0.05) is 0 Å². The highest BCUT2D eigenvalue weighted by atomic mass is 32.2. The standard InChI is InChI=1S/C8H10N2O3S/c1-6-2-3-7(5-10-9)4-8(6)14(11,12)13/h2-5H,9H2,1H3,(H,11,12,13). The molecule has 1 aromatic carbocycles. The SMILES string of the molecule is Cc1ccc(C=NN)cc1S(=O)(=O)O. The molecule has 0 heterocycles. The summed E-state index contributed by atoms with van der Waals surface area (Å²) in [7, 11) is -4.18. The molecule has 3 N–H and O–H groups in total. The maximum atomic E-state index is 10.9. The predicted octanol–water partition coefficient (Wildman–Crippen LogP) is 0.534. The molecule has 0 saturated heterocycles. The Balaban J connectivity index is 3.36. The minimum absolute atomic E-state index is 0.130. The van der Waals surface area contributed by atoms with Crippen molar-refractivity contribution in [2.45, 2.75) is 11.8 Å². The van der Waals surface area contributed by atoms with Crippen LogP contribution in [0.5, 0.6) is 0 Å². The fourth-order valence-corrected chi connectivity index (χ4v) is 1.82. The number of hydrogen-bond donors (Lipinski definition) is 2. The first-order chi connectivity index (χ1) is 6.45. The summed E-state index contributed by atoms with van der Waals surface area (Å²) in [4.78, 5) is -0.130. The Bertz CT molecular complexity index is 465. The molecule has 0 aliphatic rings. The van der Waals surface area contributed by atoms with E-state index in [0.29, 0.717) is 11.1 Å². The van der Waals surface area contributed by atoms with Crippen molar-refractivity contribution < 1.29 is 13.0 Å². The fourth-order valence-electron chi connectivity index (χ4n) is 1.06. The lowest BCUT2D eigenvalue weighted by Crippen LogP contribution is -2.02. The second kappa shape index (κ2) is 3.77. The van der Waals surface area contributed by atoms with E-state index >= 15 is 0 Å². The molecule has 6 heteroatoms. The first-order valence-electron chi connectivity index (χ1n) is 3.76. The lowest BCUT2D eigenvalue weighted by atomic mass is 10.2. The van der Waals surface area contributed by atoms with Crippen LogP contribution in [0.25, 0.3) is 0 Å². The topological polar surface area (TPSA) is 92.8 Å². The number of benzene rings is 1. The van der Waals surface area contributed by atoms with E-state index in [4.69, 9.17) is 10.4 Å². The molecule has 0 saturated carbocycles. The van der Waals surface area contributed by atoms with Crippen molar-refractivity contribution in [3.05, 3.63) is 29.3 Å². The number of aryl methyl sites for hydroxylation is 1. The number of nitrogens with zero attached hydrogens (tertiary/aromatic N) is 1. The zero-order valence-corrected chi connectivity index (χ0v) is 8.32. The smallest absolute Gasteiger partial charge is 0.294 e. The average molecular weight is 214 g/mol. The molecule has 14 heavy (non-hydrogen) atoms. The minimum Gasteiger partial charge on any atom is -0.323 e. The molecule has 0 aliphatic carbocycles. The third kappa shape index (κ3) is 2.30. The van der Waals surface area contributed by atoms with Crippen LogP contribution in [0.15, 0.2) is 28.2 Å². The summed E-state index contributed by atoms with van der Waals surface area (Å²) in [6.45, 7) is 1.59. The molecule has 0 aromatic heterocycles. The van der Waals surface area contributed by atoms with Gasteiger partial charge in [-0.2, -0.15) is 13.5 Å². The third-order valence-corrected chi connectivity index (χ3v) is 2.71. The van der Waals surface area contributed by atoms with Crippen molar-refractivity contribution in [2.75, 3.05) is 0 Å². The summed E-state index contributed by atoms with van der Waals surface area (Å²) in [5.74, 6) is 4.92. The molecular formula is C8H10N2O3S. The molecule has 1 rings (SSSR count). The molecule has 0 atom stereocenters. The van der Waals surface area contributed by atoms with Crippen molar-refractivity contribution in [3.8, 4) is 0 Å². The normalized spacial score (nSPS) is 12.1. The van der Waals surface area contributed by atoms with E-state index in [2.05, 4.69) is 5.10 Å². The Hall–Kier alpha value is -1.40. The monoisotopic (exact) mass is 214 g/mol. The van der Waals surface area contributed by atoms with Gasteiger partial charge in [0.05, 0.1) is 11.1 Å². The van der Waals surface area contributed by atoms with E-state index < -0.39 is 10.1 Å². The van der Waals surface area contributed by atoms with Gasteiger partial charge >= 0.3 is 0 Å². The summed E-state index contributed by atoms with van der Waals surface area (Å²) in [5.41, 5.74) is 0.993. The van der Waals surface area contributed by atoms with Crippen LogP contribution in [-0.2, 0) is 10.1 Å². The minimum atomic E-state index is -4.18. The van der Waals surface area contributed by atoms with E-state index in [9.17, 15) is 8.42 Å². The van der Waals surface area contributed by atoms with E-state index in [1.54, 1.807) is 19.1 Å². The van der Waals surface area contributed by atoms with E-state index in [1.165, 1.54) is 12.3 Å².